The summed E-state index contributed by atoms with van der Waals surface area (Å²) in [6.07, 6.45) is 5.35. The monoisotopic (exact) mass is 308 g/mol. The third-order valence-corrected chi connectivity index (χ3v) is 4.29. The van der Waals surface area contributed by atoms with Crippen LogP contribution in [0.4, 0.5) is 5.69 Å². The Hall–Kier alpha value is -1.22. The predicted octanol–water partition coefficient (Wildman–Crippen LogP) is 3.96. The average molecular weight is 309 g/mol. The van der Waals surface area contributed by atoms with E-state index >= 15 is 0 Å². The number of carbonyl (C=O) groups excluding carboxylic acids is 1. The van der Waals surface area contributed by atoms with E-state index in [1.54, 1.807) is 0 Å². The van der Waals surface area contributed by atoms with Gasteiger partial charge >= 0.3 is 0 Å². The zero-order valence-corrected chi connectivity index (χ0v) is 13.6. The van der Waals surface area contributed by atoms with Gasteiger partial charge in [0.2, 0.25) is 5.91 Å². The highest BCUT2D eigenvalue weighted by molar-refractivity contribution is 6.30. The van der Waals surface area contributed by atoms with Crippen molar-refractivity contribution in [3.8, 4) is 0 Å². The van der Waals surface area contributed by atoms with Crippen LogP contribution in [0.1, 0.15) is 39.0 Å². The van der Waals surface area contributed by atoms with Gasteiger partial charge in [-0.25, -0.2) is 0 Å². The summed E-state index contributed by atoms with van der Waals surface area (Å²) in [7, 11) is 0. The van der Waals surface area contributed by atoms with Crippen molar-refractivity contribution in [1.29, 1.82) is 0 Å². The molecule has 0 radical (unpaired) electrons. The lowest BCUT2D eigenvalue weighted by molar-refractivity contribution is -0.131. The van der Waals surface area contributed by atoms with Crippen LogP contribution in [0.2, 0.25) is 5.02 Å². The first-order chi connectivity index (χ1) is 10.2. The molecular weight excluding hydrogens is 284 g/mol. The molecule has 0 N–H and O–H groups in total. The van der Waals surface area contributed by atoms with E-state index in [1.165, 1.54) is 19.3 Å². The van der Waals surface area contributed by atoms with Crippen molar-refractivity contribution in [3.63, 3.8) is 0 Å². The standard InChI is InChI=1S/C17H25ClN2O/c1-2-3-4-5-9-17(21)20-12-10-19(11-13-20)16-8-6-7-15(18)14-16/h6-8,14H,2-5,9-13H2,1H3. The van der Waals surface area contributed by atoms with Crippen molar-refractivity contribution in [2.45, 2.75) is 39.0 Å². The van der Waals surface area contributed by atoms with Crippen LogP contribution < -0.4 is 4.90 Å². The van der Waals surface area contributed by atoms with Crippen LogP contribution in [-0.4, -0.2) is 37.0 Å². The lowest BCUT2D eigenvalue weighted by Gasteiger charge is -2.36. The molecule has 116 valence electrons. The summed E-state index contributed by atoms with van der Waals surface area (Å²) in [5.74, 6) is 0.317. The first-order valence-electron chi connectivity index (χ1n) is 7.99. The molecule has 1 aromatic carbocycles. The van der Waals surface area contributed by atoms with Crippen LogP contribution in [-0.2, 0) is 4.79 Å². The molecule has 1 aromatic rings. The van der Waals surface area contributed by atoms with E-state index in [-0.39, 0.29) is 0 Å². The van der Waals surface area contributed by atoms with E-state index in [1.807, 2.05) is 23.1 Å². The Morgan fingerprint density at radius 3 is 2.57 bits per heavy atom. The quantitative estimate of drug-likeness (QED) is 0.743. The summed E-state index contributed by atoms with van der Waals surface area (Å²) in [5.41, 5.74) is 1.15. The number of rotatable bonds is 6. The molecule has 1 amide bonds. The first-order valence-corrected chi connectivity index (χ1v) is 8.37. The Morgan fingerprint density at radius 1 is 1.14 bits per heavy atom. The van der Waals surface area contributed by atoms with Crippen LogP contribution in [0.3, 0.4) is 0 Å². The molecule has 1 heterocycles. The highest BCUT2D eigenvalue weighted by Gasteiger charge is 2.20. The third kappa shape index (κ3) is 4.92. The van der Waals surface area contributed by atoms with Gasteiger partial charge in [-0.3, -0.25) is 4.79 Å². The molecule has 0 aromatic heterocycles. The van der Waals surface area contributed by atoms with Gasteiger partial charge in [0, 0.05) is 43.3 Å². The van der Waals surface area contributed by atoms with Gasteiger partial charge < -0.3 is 9.80 Å². The van der Waals surface area contributed by atoms with E-state index < -0.39 is 0 Å². The van der Waals surface area contributed by atoms with Gasteiger partial charge in [0.25, 0.3) is 0 Å². The molecule has 21 heavy (non-hydrogen) atoms. The summed E-state index contributed by atoms with van der Waals surface area (Å²) in [5, 5.41) is 0.766. The fourth-order valence-electron chi connectivity index (χ4n) is 2.75. The van der Waals surface area contributed by atoms with Crippen molar-refractivity contribution in [1.82, 2.24) is 4.90 Å². The van der Waals surface area contributed by atoms with E-state index in [0.717, 1.165) is 43.3 Å². The maximum atomic E-state index is 12.1. The molecule has 0 bridgehead atoms. The van der Waals surface area contributed by atoms with E-state index in [9.17, 15) is 4.79 Å². The van der Waals surface area contributed by atoms with Gasteiger partial charge in [0.1, 0.15) is 0 Å². The zero-order chi connectivity index (χ0) is 15.1. The van der Waals surface area contributed by atoms with Crippen molar-refractivity contribution in [2.24, 2.45) is 0 Å². The molecular formula is C17H25ClN2O. The van der Waals surface area contributed by atoms with Gasteiger partial charge in [-0.05, 0) is 24.6 Å². The fraction of sp³-hybridized carbons (Fsp3) is 0.588. The normalized spacial score (nSPS) is 15.3. The number of amides is 1. The van der Waals surface area contributed by atoms with Gasteiger partial charge in [-0.1, -0.05) is 43.9 Å². The number of hydrogen-bond acceptors (Lipinski definition) is 2. The molecule has 0 spiro atoms. The largest absolute Gasteiger partial charge is 0.368 e. The van der Waals surface area contributed by atoms with Crippen molar-refractivity contribution in [3.05, 3.63) is 29.3 Å². The SMILES string of the molecule is CCCCCCC(=O)N1CCN(c2cccc(Cl)c2)CC1. The Labute approximate surface area is 132 Å². The average Bonchev–Trinajstić information content (AvgIpc) is 2.51. The molecule has 1 fully saturated rings. The molecule has 0 atom stereocenters. The second-order valence-electron chi connectivity index (χ2n) is 5.66. The van der Waals surface area contributed by atoms with Gasteiger partial charge in [0.05, 0.1) is 0 Å². The molecule has 0 aliphatic carbocycles. The molecule has 1 aliphatic rings. The lowest BCUT2D eigenvalue weighted by Crippen LogP contribution is -2.48. The molecule has 1 aliphatic heterocycles. The smallest absolute Gasteiger partial charge is 0.222 e. The lowest BCUT2D eigenvalue weighted by atomic mass is 10.1. The van der Waals surface area contributed by atoms with Crippen molar-refractivity contribution in [2.75, 3.05) is 31.1 Å². The minimum Gasteiger partial charge on any atom is -0.368 e. The van der Waals surface area contributed by atoms with Crippen LogP contribution in [0.15, 0.2) is 24.3 Å². The van der Waals surface area contributed by atoms with E-state index in [0.29, 0.717) is 12.3 Å². The third-order valence-electron chi connectivity index (χ3n) is 4.05. The number of piperazine rings is 1. The van der Waals surface area contributed by atoms with Crippen LogP contribution in [0, 0.1) is 0 Å². The maximum absolute atomic E-state index is 12.1. The van der Waals surface area contributed by atoms with Crippen LogP contribution in [0.5, 0.6) is 0 Å². The predicted molar refractivity (Wildman–Crippen MR) is 89.0 cm³/mol. The van der Waals surface area contributed by atoms with Crippen LogP contribution in [0.25, 0.3) is 0 Å². The summed E-state index contributed by atoms with van der Waals surface area (Å²) in [4.78, 5) is 16.5. The fourth-order valence-corrected chi connectivity index (χ4v) is 2.93. The number of hydrogen-bond donors (Lipinski definition) is 0. The van der Waals surface area contributed by atoms with Crippen molar-refractivity contribution < 1.29 is 4.79 Å². The van der Waals surface area contributed by atoms with E-state index in [2.05, 4.69) is 17.9 Å². The number of benzene rings is 1. The minimum atomic E-state index is 0.317. The summed E-state index contributed by atoms with van der Waals surface area (Å²) < 4.78 is 0. The zero-order valence-electron chi connectivity index (χ0n) is 12.9. The topological polar surface area (TPSA) is 23.6 Å². The summed E-state index contributed by atoms with van der Waals surface area (Å²) in [6, 6.07) is 7.93. The number of anilines is 1. The summed E-state index contributed by atoms with van der Waals surface area (Å²) >= 11 is 6.03. The molecule has 4 heteroatoms. The maximum Gasteiger partial charge on any atom is 0.222 e. The van der Waals surface area contributed by atoms with E-state index in [4.69, 9.17) is 11.6 Å². The Morgan fingerprint density at radius 2 is 1.90 bits per heavy atom. The first kappa shape index (κ1) is 16.2. The molecule has 0 unspecified atom stereocenters. The van der Waals surface area contributed by atoms with Gasteiger partial charge in [0.15, 0.2) is 0 Å². The molecule has 2 rings (SSSR count). The summed E-state index contributed by atoms with van der Waals surface area (Å²) in [6.45, 7) is 5.61. The second-order valence-corrected chi connectivity index (χ2v) is 6.09. The number of nitrogens with zero attached hydrogens (tertiary/aromatic N) is 2. The Bertz CT molecular complexity index is 456. The Balaban J connectivity index is 1.76. The number of carbonyl (C=O) groups is 1. The van der Waals surface area contributed by atoms with Gasteiger partial charge in [-0.15, -0.1) is 0 Å². The van der Waals surface area contributed by atoms with Crippen LogP contribution >= 0.6 is 11.6 Å². The minimum absolute atomic E-state index is 0.317. The second kappa shape index (κ2) is 8.28. The highest BCUT2D eigenvalue weighted by Crippen LogP contribution is 2.21. The highest BCUT2D eigenvalue weighted by atomic mass is 35.5. The van der Waals surface area contributed by atoms with Gasteiger partial charge in [-0.2, -0.15) is 0 Å². The van der Waals surface area contributed by atoms with Crippen molar-refractivity contribution >= 4 is 23.2 Å². The molecule has 1 saturated heterocycles. The number of halogens is 1. The molecule has 3 nitrogen and oxygen atoms in total. The Kier molecular flexibility index (Phi) is 6.37. The molecule has 0 saturated carbocycles. The number of unbranched alkanes of at least 4 members (excludes halogenated alkanes) is 3.